The zero-order valence-corrected chi connectivity index (χ0v) is 8.55. The van der Waals surface area contributed by atoms with Gasteiger partial charge in [0.1, 0.15) is 6.54 Å². The molecule has 0 fully saturated rings. The van der Waals surface area contributed by atoms with Gasteiger partial charge in [-0.3, -0.25) is 0 Å². The molecular weight excluding hydrogens is 210 g/mol. The summed E-state index contributed by atoms with van der Waals surface area (Å²) in [5, 5.41) is 27.3. The Hall–Kier alpha value is -2.04. The monoisotopic (exact) mass is 222 g/mol. The van der Waals surface area contributed by atoms with Gasteiger partial charge in [0.05, 0.1) is 0 Å². The number of rotatable bonds is 2. The Morgan fingerprint density at radius 1 is 1.31 bits per heavy atom. The SMILES string of the molecule is O=C(O)C[N+]1=Cc2cc(O)c(O)cc2CC1. The molecule has 0 spiro atoms. The maximum atomic E-state index is 10.5. The fraction of sp³-hybridized carbons (Fsp3) is 0.273. The second kappa shape index (κ2) is 3.84. The van der Waals surface area contributed by atoms with Gasteiger partial charge in [0.2, 0.25) is 6.54 Å². The molecule has 84 valence electrons. The van der Waals surface area contributed by atoms with Crippen LogP contribution in [0.5, 0.6) is 11.5 Å². The first-order valence-electron chi connectivity index (χ1n) is 4.92. The third kappa shape index (κ3) is 1.98. The first kappa shape index (κ1) is 10.5. The van der Waals surface area contributed by atoms with Crippen LogP contribution in [0.15, 0.2) is 12.1 Å². The van der Waals surface area contributed by atoms with Crippen molar-refractivity contribution in [1.82, 2.24) is 0 Å². The van der Waals surface area contributed by atoms with E-state index in [4.69, 9.17) is 5.11 Å². The standard InChI is InChI=1S/C11H11NO4/c13-9-3-7-1-2-12(6-11(15)16)5-8(7)4-10(9)14/h3-5H,1-2,6H2,(H2,14,15,16)/p+1. The lowest BCUT2D eigenvalue weighted by Gasteiger charge is -2.12. The molecule has 0 atom stereocenters. The van der Waals surface area contributed by atoms with Gasteiger partial charge in [0, 0.05) is 12.0 Å². The highest BCUT2D eigenvalue weighted by atomic mass is 16.4. The molecule has 1 aliphatic rings. The summed E-state index contributed by atoms with van der Waals surface area (Å²) in [6.07, 6.45) is 2.35. The van der Waals surface area contributed by atoms with Gasteiger partial charge in [-0.2, -0.15) is 0 Å². The van der Waals surface area contributed by atoms with Crippen LogP contribution in [0.1, 0.15) is 11.1 Å². The molecule has 0 unspecified atom stereocenters. The highest BCUT2D eigenvalue weighted by molar-refractivity contribution is 5.81. The molecule has 0 aromatic heterocycles. The summed E-state index contributed by atoms with van der Waals surface area (Å²) >= 11 is 0. The summed E-state index contributed by atoms with van der Waals surface area (Å²) in [6, 6.07) is 2.96. The van der Waals surface area contributed by atoms with Crippen molar-refractivity contribution >= 4 is 12.2 Å². The van der Waals surface area contributed by atoms with Crippen molar-refractivity contribution in [1.29, 1.82) is 0 Å². The molecular formula is C11H12NO4+. The Morgan fingerprint density at radius 2 is 2.00 bits per heavy atom. The molecule has 0 saturated heterocycles. The van der Waals surface area contributed by atoms with Crippen LogP contribution in [0, 0.1) is 0 Å². The van der Waals surface area contributed by atoms with E-state index in [0.29, 0.717) is 13.0 Å². The number of carboxylic acids is 1. The van der Waals surface area contributed by atoms with E-state index in [0.717, 1.165) is 11.1 Å². The molecule has 0 bridgehead atoms. The van der Waals surface area contributed by atoms with Gasteiger partial charge in [-0.25, -0.2) is 9.37 Å². The molecule has 1 heterocycles. The minimum absolute atomic E-state index is 0.0545. The molecule has 2 rings (SSSR count). The van der Waals surface area contributed by atoms with E-state index in [1.807, 2.05) is 0 Å². The molecule has 16 heavy (non-hydrogen) atoms. The number of aliphatic carboxylic acids is 1. The lowest BCUT2D eigenvalue weighted by molar-refractivity contribution is -0.514. The number of phenols is 2. The zero-order chi connectivity index (χ0) is 11.7. The number of carbonyl (C=O) groups is 1. The van der Waals surface area contributed by atoms with Crippen LogP contribution in [-0.2, 0) is 11.2 Å². The van der Waals surface area contributed by atoms with E-state index < -0.39 is 5.97 Å². The third-order valence-corrected chi connectivity index (χ3v) is 2.56. The van der Waals surface area contributed by atoms with Gasteiger partial charge < -0.3 is 15.3 Å². The van der Waals surface area contributed by atoms with Gasteiger partial charge in [-0.05, 0) is 17.7 Å². The van der Waals surface area contributed by atoms with E-state index in [1.54, 1.807) is 10.8 Å². The Balaban J connectivity index is 2.36. The summed E-state index contributed by atoms with van der Waals surface area (Å²) in [5.41, 5.74) is 1.67. The van der Waals surface area contributed by atoms with Crippen molar-refractivity contribution in [2.75, 3.05) is 13.1 Å². The molecule has 1 aliphatic heterocycles. The number of fused-ring (bicyclic) bond motifs is 1. The maximum absolute atomic E-state index is 10.5. The number of benzene rings is 1. The smallest absolute Gasteiger partial charge is 0.369 e. The fourth-order valence-electron chi connectivity index (χ4n) is 1.80. The molecule has 1 aromatic carbocycles. The van der Waals surface area contributed by atoms with Gasteiger partial charge in [-0.1, -0.05) is 0 Å². The molecule has 0 aliphatic carbocycles. The first-order valence-corrected chi connectivity index (χ1v) is 4.92. The molecule has 0 radical (unpaired) electrons. The third-order valence-electron chi connectivity index (χ3n) is 2.56. The predicted octanol–water partition coefficient (Wildman–Crippen LogP) is 0.170. The van der Waals surface area contributed by atoms with Crippen LogP contribution >= 0.6 is 0 Å². The summed E-state index contributed by atoms with van der Waals surface area (Å²) < 4.78 is 1.67. The van der Waals surface area contributed by atoms with E-state index in [2.05, 4.69) is 0 Å². The summed E-state index contributed by atoms with van der Waals surface area (Å²) in [4.78, 5) is 10.5. The zero-order valence-electron chi connectivity index (χ0n) is 8.55. The van der Waals surface area contributed by atoms with Gasteiger partial charge in [-0.15, -0.1) is 0 Å². The van der Waals surface area contributed by atoms with E-state index in [9.17, 15) is 15.0 Å². The fourth-order valence-corrected chi connectivity index (χ4v) is 1.80. The molecule has 5 heteroatoms. The highest BCUT2D eigenvalue weighted by Gasteiger charge is 2.19. The number of phenolic OH excluding ortho intramolecular Hbond substituents is 2. The Morgan fingerprint density at radius 3 is 2.69 bits per heavy atom. The highest BCUT2D eigenvalue weighted by Crippen LogP contribution is 2.28. The van der Waals surface area contributed by atoms with E-state index in [1.165, 1.54) is 12.1 Å². The molecule has 0 amide bonds. The summed E-state index contributed by atoms with van der Waals surface area (Å²) in [5.74, 6) is -1.21. The van der Waals surface area contributed by atoms with Crippen molar-refractivity contribution in [3.05, 3.63) is 23.3 Å². The van der Waals surface area contributed by atoms with Gasteiger partial charge >= 0.3 is 5.97 Å². The topological polar surface area (TPSA) is 80.8 Å². The van der Waals surface area contributed by atoms with Gasteiger partial charge in [0.15, 0.2) is 17.7 Å². The summed E-state index contributed by atoms with van der Waals surface area (Å²) in [6.45, 7) is 0.546. The minimum Gasteiger partial charge on any atom is -0.504 e. The second-order valence-electron chi connectivity index (χ2n) is 3.78. The molecule has 3 N–H and O–H groups in total. The number of nitrogens with zero attached hydrogens (tertiary/aromatic N) is 1. The van der Waals surface area contributed by atoms with Crippen molar-refractivity contribution in [3.8, 4) is 11.5 Å². The largest absolute Gasteiger partial charge is 0.504 e. The average molecular weight is 222 g/mol. The first-order chi connectivity index (χ1) is 7.56. The number of hydrogen-bond acceptors (Lipinski definition) is 3. The number of hydrogen-bond donors (Lipinski definition) is 3. The quantitative estimate of drug-likeness (QED) is 0.492. The molecule has 0 saturated carbocycles. The average Bonchev–Trinajstić information content (AvgIpc) is 2.19. The van der Waals surface area contributed by atoms with Crippen LogP contribution in [-0.4, -0.2) is 45.2 Å². The lowest BCUT2D eigenvalue weighted by Crippen LogP contribution is -2.27. The number of carboxylic acid groups (broad SMARTS) is 1. The maximum Gasteiger partial charge on any atom is 0.369 e. The lowest BCUT2D eigenvalue weighted by atomic mass is 10.0. The van der Waals surface area contributed by atoms with E-state index in [-0.39, 0.29) is 18.0 Å². The van der Waals surface area contributed by atoms with Crippen LogP contribution in [0.2, 0.25) is 0 Å². The molecule has 5 nitrogen and oxygen atoms in total. The van der Waals surface area contributed by atoms with Crippen LogP contribution in [0.4, 0.5) is 0 Å². The van der Waals surface area contributed by atoms with Crippen molar-refractivity contribution in [2.24, 2.45) is 0 Å². The van der Waals surface area contributed by atoms with E-state index >= 15 is 0 Å². The van der Waals surface area contributed by atoms with Gasteiger partial charge in [0.25, 0.3) is 0 Å². The number of aromatic hydroxyl groups is 2. The second-order valence-corrected chi connectivity index (χ2v) is 3.78. The Kier molecular flexibility index (Phi) is 2.52. The predicted molar refractivity (Wildman–Crippen MR) is 56.3 cm³/mol. The van der Waals surface area contributed by atoms with Crippen LogP contribution in [0.3, 0.4) is 0 Å². The van der Waals surface area contributed by atoms with Crippen molar-refractivity contribution < 1.29 is 24.7 Å². The van der Waals surface area contributed by atoms with Crippen molar-refractivity contribution in [3.63, 3.8) is 0 Å². The van der Waals surface area contributed by atoms with Crippen molar-refractivity contribution in [2.45, 2.75) is 6.42 Å². The van der Waals surface area contributed by atoms with Crippen LogP contribution in [0.25, 0.3) is 0 Å². The van der Waals surface area contributed by atoms with Crippen LogP contribution < -0.4 is 0 Å². The molecule has 1 aromatic rings. The Bertz CT molecular complexity index is 479. The minimum atomic E-state index is -0.886. The normalized spacial score (nSPS) is 14.1. The Labute approximate surface area is 91.9 Å². The summed E-state index contributed by atoms with van der Waals surface area (Å²) in [7, 11) is 0.